The van der Waals surface area contributed by atoms with Crippen molar-refractivity contribution in [2.75, 3.05) is 0 Å². The quantitative estimate of drug-likeness (QED) is 0.405. The molecule has 0 heterocycles. The van der Waals surface area contributed by atoms with Gasteiger partial charge in [0, 0.05) is 18.2 Å². The molecule has 1 aliphatic carbocycles. The van der Waals surface area contributed by atoms with Crippen molar-refractivity contribution < 1.29 is 19.1 Å². The van der Waals surface area contributed by atoms with Crippen molar-refractivity contribution in [3.8, 4) is 12.3 Å². The predicted octanol–water partition coefficient (Wildman–Crippen LogP) is 5.35. The number of carbonyl (C=O) groups is 3. The average Bonchev–Trinajstić information content (AvgIpc) is 2.84. The molecule has 1 saturated carbocycles. The third-order valence-electron chi connectivity index (χ3n) is 6.67. The lowest BCUT2D eigenvalue weighted by Gasteiger charge is -2.44. The fourth-order valence-electron chi connectivity index (χ4n) is 4.67. The summed E-state index contributed by atoms with van der Waals surface area (Å²) in [7, 11) is 0. The SMILES string of the molecule is C#Cc1ccccc1C(C(=O)NCc1ccccc1)N(C(=O)C(CC(C)C)NC(=O)OC(C)(C)C)C1CCC1. The molecule has 1 aliphatic rings. The monoisotopic (exact) mass is 531 g/mol. The average molecular weight is 532 g/mol. The van der Waals surface area contributed by atoms with E-state index >= 15 is 0 Å². The number of nitrogens with zero attached hydrogens (tertiary/aromatic N) is 1. The molecule has 0 aromatic heterocycles. The summed E-state index contributed by atoms with van der Waals surface area (Å²) in [6.07, 6.45) is 8.08. The topological polar surface area (TPSA) is 87.7 Å². The normalized spacial score (nSPS) is 14.9. The lowest BCUT2D eigenvalue weighted by atomic mass is 9.86. The van der Waals surface area contributed by atoms with Crippen LogP contribution >= 0.6 is 0 Å². The molecule has 0 radical (unpaired) electrons. The van der Waals surface area contributed by atoms with Crippen LogP contribution in [0.15, 0.2) is 54.6 Å². The van der Waals surface area contributed by atoms with Gasteiger partial charge in [0.1, 0.15) is 17.7 Å². The lowest BCUT2D eigenvalue weighted by Crippen LogP contribution is -2.57. The van der Waals surface area contributed by atoms with Gasteiger partial charge in [-0.25, -0.2) is 4.79 Å². The molecule has 1 fully saturated rings. The molecule has 2 atom stereocenters. The summed E-state index contributed by atoms with van der Waals surface area (Å²) in [4.78, 5) is 42.7. The molecular formula is C32H41N3O4. The van der Waals surface area contributed by atoms with Crippen LogP contribution in [0.25, 0.3) is 0 Å². The molecular weight excluding hydrogens is 490 g/mol. The first-order valence-electron chi connectivity index (χ1n) is 13.7. The van der Waals surface area contributed by atoms with Gasteiger partial charge < -0.3 is 20.3 Å². The van der Waals surface area contributed by atoms with Gasteiger partial charge in [-0.05, 0) is 69.6 Å². The van der Waals surface area contributed by atoms with Crippen LogP contribution in [0.5, 0.6) is 0 Å². The molecule has 2 aromatic rings. The number of terminal acetylenes is 1. The van der Waals surface area contributed by atoms with E-state index in [0.717, 1.165) is 24.8 Å². The molecule has 2 aromatic carbocycles. The molecule has 7 heteroatoms. The summed E-state index contributed by atoms with van der Waals surface area (Å²) in [5.74, 6) is 2.17. The Kier molecular flexibility index (Phi) is 10.2. The molecule has 2 N–H and O–H groups in total. The third-order valence-corrected chi connectivity index (χ3v) is 6.67. The Balaban J connectivity index is 2.01. The van der Waals surface area contributed by atoms with Crippen LogP contribution in [0.4, 0.5) is 4.79 Å². The summed E-state index contributed by atoms with van der Waals surface area (Å²) < 4.78 is 5.47. The number of hydrogen-bond donors (Lipinski definition) is 2. The van der Waals surface area contributed by atoms with Crippen LogP contribution in [0.1, 0.15) is 83.0 Å². The minimum Gasteiger partial charge on any atom is -0.444 e. The summed E-state index contributed by atoms with van der Waals surface area (Å²) in [5.41, 5.74) is 1.37. The first-order valence-corrected chi connectivity index (χ1v) is 13.7. The zero-order valence-corrected chi connectivity index (χ0v) is 23.7. The summed E-state index contributed by atoms with van der Waals surface area (Å²) in [6.45, 7) is 9.61. The third kappa shape index (κ3) is 8.35. The van der Waals surface area contributed by atoms with E-state index in [4.69, 9.17) is 11.2 Å². The van der Waals surface area contributed by atoms with Crippen LogP contribution in [-0.4, -0.2) is 40.5 Å². The zero-order chi connectivity index (χ0) is 28.6. The Bertz CT molecular complexity index is 1180. The van der Waals surface area contributed by atoms with Crippen molar-refractivity contribution in [1.82, 2.24) is 15.5 Å². The number of amides is 3. The van der Waals surface area contributed by atoms with Gasteiger partial charge in [-0.1, -0.05) is 68.3 Å². The number of rotatable bonds is 10. The largest absolute Gasteiger partial charge is 0.444 e. The predicted molar refractivity (Wildman–Crippen MR) is 153 cm³/mol. The van der Waals surface area contributed by atoms with E-state index in [1.807, 2.05) is 56.3 Å². The maximum absolute atomic E-state index is 14.3. The molecule has 2 unspecified atom stereocenters. The van der Waals surface area contributed by atoms with Gasteiger partial charge in [-0.3, -0.25) is 9.59 Å². The van der Waals surface area contributed by atoms with E-state index in [1.54, 1.807) is 37.8 Å². The summed E-state index contributed by atoms with van der Waals surface area (Å²) >= 11 is 0. The fraction of sp³-hybridized carbons (Fsp3) is 0.469. The van der Waals surface area contributed by atoms with E-state index in [9.17, 15) is 14.4 Å². The van der Waals surface area contributed by atoms with Gasteiger partial charge in [-0.2, -0.15) is 0 Å². The van der Waals surface area contributed by atoms with E-state index in [1.165, 1.54) is 0 Å². The summed E-state index contributed by atoms with van der Waals surface area (Å²) in [5, 5.41) is 5.82. The van der Waals surface area contributed by atoms with Gasteiger partial charge in [0.2, 0.25) is 11.8 Å². The standard InChI is InChI=1S/C32H41N3O4/c1-7-24-16-11-12-19-26(24)28(29(36)33-21-23-14-9-8-10-15-23)35(25-17-13-18-25)30(37)27(20-22(2)3)34-31(38)39-32(4,5)6/h1,8-12,14-16,19,22,25,27-28H,13,17-18,20-21H2,2-6H3,(H,33,36)(H,34,38). The highest BCUT2D eigenvalue weighted by molar-refractivity contribution is 5.92. The fourth-order valence-corrected chi connectivity index (χ4v) is 4.67. The van der Waals surface area contributed by atoms with Crippen LogP contribution in [-0.2, 0) is 20.9 Å². The second-order valence-electron chi connectivity index (χ2n) is 11.5. The highest BCUT2D eigenvalue weighted by Crippen LogP contribution is 2.35. The minimum atomic E-state index is -0.950. The van der Waals surface area contributed by atoms with Crippen LogP contribution in [0, 0.1) is 18.3 Å². The number of benzene rings is 2. The maximum Gasteiger partial charge on any atom is 0.408 e. The molecule has 0 aliphatic heterocycles. The van der Waals surface area contributed by atoms with Crippen molar-refractivity contribution in [2.24, 2.45) is 5.92 Å². The second-order valence-corrected chi connectivity index (χ2v) is 11.5. The van der Waals surface area contributed by atoms with Crippen molar-refractivity contribution in [3.05, 3.63) is 71.3 Å². The van der Waals surface area contributed by atoms with Crippen molar-refractivity contribution in [1.29, 1.82) is 0 Å². The van der Waals surface area contributed by atoms with Gasteiger partial charge in [0.15, 0.2) is 0 Å². The first kappa shape index (κ1) is 29.8. The molecule has 0 bridgehead atoms. The van der Waals surface area contributed by atoms with Gasteiger partial charge >= 0.3 is 6.09 Å². The minimum absolute atomic E-state index is 0.112. The molecule has 3 amide bonds. The van der Waals surface area contributed by atoms with E-state index < -0.39 is 23.8 Å². The van der Waals surface area contributed by atoms with Gasteiger partial charge in [0.25, 0.3) is 0 Å². The number of carbonyl (C=O) groups excluding carboxylic acids is 3. The Morgan fingerprint density at radius 1 is 1.05 bits per heavy atom. The molecule has 0 saturated heterocycles. The molecule has 39 heavy (non-hydrogen) atoms. The van der Waals surface area contributed by atoms with Crippen molar-refractivity contribution in [2.45, 2.75) is 90.6 Å². The van der Waals surface area contributed by atoms with Gasteiger partial charge in [0.05, 0.1) is 0 Å². The Morgan fingerprint density at radius 3 is 2.26 bits per heavy atom. The van der Waals surface area contributed by atoms with Crippen LogP contribution in [0.2, 0.25) is 0 Å². The first-order chi connectivity index (χ1) is 18.5. The second kappa shape index (κ2) is 13.3. The molecule has 3 rings (SSSR count). The highest BCUT2D eigenvalue weighted by Gasteiger charge is 2.42. The van der Waals surface area contributed by atoms with Crippen molar-refractivity contribution in [3.63, 3.8) is 0 Å². The van der Waals surface area contributed by atoms with Crippen molar-refractivity contribution >= 4 is 17.9 Å². The number of ether oxygens (including phenoxy) is 1. The zero-order valence-electron chi connectivity index (χ0n) is 23.7. The molecule has 208 valence electrons. The van der Waals surface area contributed by atoms with Gasteiger partial charge in [-0.15, -0.1) is 6.42 Å². The highest BCUT2D eigenvalue weighted by atomic mass is 16.6. The van der Waals surface area contributed by atoms with Crippen LogP contribution < -0.4 is 10.6 Å². The Morgan fingerprint density at radius 2 is 1.69 bits per heavy atom. The number of alkyl carbamates (subject to hydrolysis) is 1. The number of nitrogens with one attached hydrogen (secondary N) is 2. The van der Waals surface area contributed by atoms with E-state index in [0.29, 0.717) is 24.1 Å². The molecule has 0 spiro atoms. The lowest BCUT2D eigenvalue weighted by molar-refractivity contribution is -0.147. The van der Waals surface area contributed by atoms with Crippen LogP contribution in [0.3, 0.4) is 0 Å². The van der Waals surface area contributed by atoms with E-state index in [-0.39, 0.29) is 23.8 Å². The Labute approximate surface area is 232 Å². The summed E-state index contributed by atoms with van der Waals surface area (Å²) in [6, 6.07) is 14.9. The Hall–Kier alpha value is -3.79. The smallest absolute Gasteiger partial charge is 0.408 e. The molecule has 7 nitrogen and oxygen atoms in total. The van der Waals surface area contributed by atoms with E-state index in [2.05, 4.69) is 16.6 Å². The number of hydrogen-bond acceptors (Lipinski definition) is 4. The maximum atomic E-state index is 14.3.